The minimum absolute atomic E-state index is 0.0642. The van der Waals surface area contributed by atoms with Crippen LogP contribution in [0.3, 0.4) is 0 Å². The standard InChI is InChI=1S/C9H17N3O4/c13-5-7(8(14)15)12-9(16)11-6-1-3-10-4-2-6/h6-7,10,13H,1-5H2,(H,14,15)(H2,11,12,16)/t7-/m1/s1. The van der Waals surface area contributed by atoms with Crippen molar-refractivity contribution >= 4 is 12.0 Å². The smallest absolute Gasteiger partial charge is 0.328 e. The maximum absolute atomic E-state index is 11.4. The number of carboxylic acid groups (broad SMARTS) is 1. The molecule has 0 spiro atoms. The minimum atomic E-state index is -1.25. The third kappa shape index (κ3) is 4.03. The van der Waals surface area contributed by atoms with Crippen LogP contribution >= 0.6 is 0 Å². The Morgan fingerprint density at radius 3 is 2.50 bits per heavy atom. The van der Waals surface area contributed by atoms with Crippen LogP contribution in [0.25, 0.3) is 0 Å². The maximum atomic E-state index is 11.4. The zero-order valence-electron chi connectivity index (χ0n) is 8.90. The molecule has 16 heavy (non-hydrogen) atoms. The van der Waals surface area contributed by atoms with Crippen molar-refractivity contribution < 1.29 is 19.8 Å². The second-order valence-corrected chi connectivity index (χ2v) is 3.72. The first-order valence-corrected chi connectivity index (χ1v) is 5.25. The Labute approximate surface area is 93.2 Å². The van der Waals surface area contributed by atoms with Crippen molar-refractivity contribution in [3.05, 3.63) is 0 Å². The van der Waals surface area contributed by atoms with E-state index >= 15 is 0 Å². The van der Waals surface area contributed by atoms with Crippen LogP contribution in [-0.4, -0.2) is 54.0 Å². The van der Waals surface area contributed by atoms with Crippen LogP contribution in [0.1, 0.15) is 12.8 Å². The van der Waals surface area contributed by atoms with E-state index in [9.17, 15) is 9.59 Å². The summed E-state index contributed by atoms with van der Waals surface area (Å²) in [5, 5.41) is 25.4. The molecule has 0 bridgehead atoms. The fourth-order valence-electron chi connectivity index (χ4n) is 1.54. The quantitative estimate of drug-likeness (QED) is 0.404. The van der Waals surface area contributed by atoms with E-state index in [1.54, 1.807) is 0 Å². The highest BCUT2D eigenvalue weighted by Crippen LogP contribution is 2.01. The molecule has 1 atom stereocenters. The molecular weight excluding hydrogens is 214 g/mol. The van der Waals surface area contributed by atoms with Crippen LogP contribution in [-0.2, 0) is 4.79 Å². The number of urea groups is 1. The van der Waals surface area contributed by atoms with Crippen LogP contribution < -0.4 is 16.0 Å². The molecule has 0 saturated carbocycles. The topological polar surface area (TPSA) is 111 Å². The van der Waals surface area contributed by atoms with Gasteiger partial charge in [-0.2, -0.15) is 0 Å². The van der Waals surface area contributed by atoms with E-state index in [1.807, 2.05) is 0 Å². The SMILES string of the molecule is O=C(NC1CCNCC1)N[C@H](CO)C(=O)O. The van der Waals surface area contributed by atoms with Gasteiger partial charge in [0.1, 0.15) is 0 Å². The molecule has 1 saturated heterocycles. The largest absolute Gasteiger partial charge is 0.480 e. The van der Waals surface area contributed by atoms with Crippen molar-refractivity contribution in [2.24, 2.45) is 0 Å². The van der Waals surface area contributed by atoms with Crippen LogP contribution in [0, 0.1) is 0 Å². The number of hydrogen-bond acceptors (Lipinski definition) is 4. The van der Waals surface area contributed by atoms with Gasteiger partial charge in [-0.05, 0) is 25.9 Å². The normalized spacial score (nSPS) is 18.8. The van der Waals surface area contributed by atoms with Crippen LogP contribution in [0.4, 0.5) is 4.79 Å². The van der Waals surface area contributed by atoms with Gasteiger partial charge in [-0.1, -0.05) is 0 Å². The van der Waals surface area contributed by atoms with E-state index in [2.05, 4.69) is 16.0 Å². The first kappa shape index (κ1) is 12.7. The molecule has 0 unspecified atom stereocenters. The highest BCUT2D eigenvalue weighted by molar-refractivity contribution is 5.82. The van der Waals surface area contributed by atoms with Gasteiger partial charge in [-0.15, -0.1) is 0 Å². The molecule has 0 aromatic heterocycles. The summed E-state index contributed by atoms with van der Waals surface area (Å²) >= 11 is 0. The minimum Gasteiger partial charge on any atom is -0.480 e. The number of aliphatic carboxylic acids is 1. The van der Waals surface area contributed by atoms with E-state index in [0.29, 0.717) is 0 Å². The Morgan fingerprint density at radius 2 is 2.00 bits per heavy atom. The average Bonchev–Trinajstić information content (AvgIpc) is 2.27. The Morgan fingerprint density at radius 1 is 1.38 bits per heavy atom. The zero-order chi connectivity index (χ0) is 12.0. The molecule has 1 fully saturated rings. The number of aliphatic hydroxyl groups is 1. The van der Waals surface area contributed by atoms with Crippen molar-refractivity contribution in [3.63, 3.8) is 0 Å². The molecule has 0 radical (unpaired) electrons. The van der Waals surface area contributed by atoms with Crippen molar-refractivity contribution in [1.82, 2.24) is 16.0 Å². The van der Waals surface area contributed by atoms with Crippen LogP contribution in [0.15, 0.2) is 0 Å². The van der Waals surface area contributed by atoms with Gasteiger partial charge in [0, 0.05) is 6.04 Å². The molecule has 0 aliphatic carbocycles. The highest BCUT2D eigenvalue weighted by Gasteiger charge is 2.21. The Hall–Kier alpha value is -1.34. The summed E-state index contributed by atoms with van der Waals surface area (Å²) in [5.41, 5.74) is 0. The lowest BCUT2D eigenvalue weighted by Crippen LogP contribution is -2.52. The van der Waals surface area contributed by atoms with Crippen molar-refractivity contribution in [2.75, 3.05) is 19.7 Å². The molecule has 1 aliphatic heterocycles. The molecule has 5 N–H and O–H groups in total. The summed E-state index contributed by atoms with van der Waals surface area (Å²) in [6, 6.07) is -1.73. The molecule has 1 heterocycles. The van der Waals surface area contributed by atoms with Gasteiger partial charge in [0.2, 0.25) is 0 Å². The Bertz CT molecular complexity index is 253. The van der Waals surface area contributed by atoms with E-state index in [1.165, 1.54) is 0 Å². The zero-order valence-corrected chi connectivity index (χ0v) is 8.90. The van der Waals surface area contributed by atoms with E-state index in [4.69, 9.17) is 10.2 Å². The first-order chi connectivity index (χ1) is 7.63. The van der Waals surface area contributed by atoms with Crippen molar-refractivity contribution in [2.45, 2.75) is 24.9 Å². The molecule has 1 rings (SSSR count). The number of nitrogens with one attached hydrogen (secondary N) is 3. The number of piperidine rings is 1. The predicted octanol–water partition coefficient (Wildman–Crippen LogP) is -1.52. The molecule has 7 heteroatoms. The molecule has 2 amide bonds. The third-order valence-corrected chi connectivity index (χ3v) is 2.46. The lowest BCUT2D eigenvalue weighted by atomic mass is 10.1. The lowest BCUT2D eigenvalue weighted by molar-refractivity contribution is -0.140. The number of carbonyl (C=O) groups excluding carboxylic acids is 1. The van der Waals surface area contributed by atoms with Gasteiger partial charge in [-0.3, -0.25) is 0 Å². The molecule has 92 valence electrons. The molecule has 1 aliphatic rings. The monoisotopic (exact) mass is 231 g/mol. The van der Waals surface area contributed by atoms with Gasteiger partial charge < -0.3 is 26.2 Å². The summed E-state index contributed by atoms with van der Waals surface area (Å²) < 4.78 is 0. The molecule has 7 nitrogen and oxygen atoms in total. The number of carboxylic acids is 1. The summed E-state index contributed by atoms with van der Waals surface area (Å²) in [4.78, 5) is 21.9. The first-order valence-electron chi connectivity index (χ1n) is 5.25. The fraction of sp³-hybridized carbons (Fsp3) is 0.778. The molecular formula is C9H17N3O4. The number of amides is 2. The lowest BCUT2D eigenvalue weighted by Gasteiger charge is -2.24. The van der Waals surface area contributed by atoms with E-state index in [-0.39, 0.29) is 6.04 Å². The predicted molar refractivity (Wildman–Crippen MR) is 56.1 cm³/mol. The summed E-state index contributed by atoms with van der Waals surface area (Å²) in [6.07, 6.45) is 1.65. The molecule has 0 aromatic carbocycles. The number of rotatable bonds is 4. The number of aliphatic hydroxyl groups excluding tert-OH is 1. The van der Waals surface area contributed by atoms with Gasteiger partial charge in [0.05, 0.1) is 6.61 Å². The second-order valence-electron chi connectivity index (χ2n) is 3.72. The highest BCUT2D eigenvalue weighted by atomic mass is 16.4. The number of hydrogen-bond donors (Lipinski definition) is 5. The third-order valence-electron chi connectivity index (χ3n) is 2.46. The van der Waals surface area contributed by atoms with E-state index in [0.717, 1.165) is 25.9 Å². The van der Waals surface area contributed by atoms with Gasteiger partial charge >= 0.3 is 12.0 Å². The van der Waals surface area contributed by atoms with Crippen LogP contribution in [0.5, 0.6) is 0 Å². The number of carbonyl (C=O) groups is 2. The van der Waals surface area contributed by atoms with Crippen molar-refractivity contribution in [3.8, 4) is 0 Å². The second kappa shape index (κ2) is 6.29. The summed E-state index contributed by atoms with van der Waals surface area (Å²) in [7, 11) is 0. The van der Waals surface area contributed by atoms with Gasteiger partial charge in [0.25, 0.3) is 0 Å². The van der Waals surface area contributed by atoms with Gasteiger partial charge in [-0.25, -0.2) is 9.59 Å². The average molecular weight is 231 g/mol. The van der Waals surface area contributed by atoms with Crippen LogP contribution in [0.2, 0.25) is 0 Å². The van der Waals surface area contributed by atoms with Crippen molar-refractivity contribution in [1.29, 1.82) is 0 Å². The Balaban J connectivity index is 2.31. The van der Waals surface area contributed by atoms with Gasteiger partial charge in [0.15, 0.2) is 6.04 Å². The summed E-state index contributed by atoms with van der Waals surface area (Å²) in [6.45, 7) is 1.07. The molecule has 0 aromatic rings. The Kier molecular flexibility index (Phi) is 5.00. The van der Waals surface area contributed by atoms with E-state index < -0.39 is 24.6 Å². The maximum Gasteiger partial charge on any atom is 0.328 e. The fourth-order valence-corrected chi connectivity index (χ4v) is 1.54. The summed E-state index contributed by atoms with van der Waals surface area (Å²) in [5.74, 6) is -1.25.